The molecule has 6 nitrogen and oxygen atoms in total. The van der Waals surface area contributed by atoms with Crippen LogP contribution in [-0.2, 0) is 10.0 Å². The van der Waals surface area contributed by atoms with Crippen LogP contribution < -0.4 is 5.32 Å². The van der Waals surface area contributed by atoms with Crippen molar-refractivity contribution in [1.82, 2.24) is 14.5 Å². The molecule has 25 heavy (non-hydrogen) atoms. The van der Waals surface area contributed by atoms with Gasteiger partial charge in [0.2, 0.25) is 10.0 Å². The molecule has 1 N–H and O–H groups in total. The Morgan fingerprint density at radius 3 is 2.76 bits per heavy atom. The van der Waals surface area contributed by atoms with E-state index in [4.69, 9.17) is 0 Å². The molecule has 140 valence electrons. The SMILES string of the molecule is CC1CCCCN1S(=O)(=O)c1cccc(C(=O)NCCCN(C)C)c1. The van der Waals surface area contributed by atoms with Gasteiger partial charge in [-0.3, -0.25) is 4.79 Å². The van der Waals surface area contributed by atoms with Crippen LogP contribution in [0.25, 0.3) is 0 Å². The fourth-order valence-electron chi connectivity index (χ4n) is 3.06. The lowest BCUT2D eigenvalue weighted by Crippen LogP contribution is -2.42. The molecule has 2 rings (SSSR count). The molecule has 0 aromatic heterocycles. The number of carbonyl (C=O) groups is 1. The Morgan fingerprint density at radius 2 is 2.08 bits per heavy atom. The zero-order chi connectivity index (χ0) is 18.4. The molecule has 1 saturated heterocycles. The minimum Gasteiger partial charge on any atom is -0.352 e. The Bertz CT molecular complexity index is 689. The molecule has 1 unspecified atom stereocenters. The monoisotopic (exact) mass is 367 g/mol. The number of hydrogen-bond acceptors (Lipinski definition) is 4. The van der Waals surface area contributed by atoms with Crippen molar-refractivity contribution in [3.8, 4) is 0 Å². The highest BCUT2D eigenvalue weighted by Gasteiger charge is 2.31. The van der Waals surface area contributed by atoms with Crippen LogP contribution in [0.2, 0.25) is 0 Å². The van der Waals surface area contributed by atoms with E-state index in [0.717, 1.165) is 32.2 Å². The van der Waals surface area contributed by atoms with Gasteiger partial charge in [-0.25, -0.2) is 8.42 Å². The lowest BCUT2D eigenvalue weighted by molar-refractivity contribution is 0.0952. The van der Waals surface area contributed by atoms with Crippen molar-refractivity contribution in [3.05, 3.63) is 29.8 Å². The van der Waals surface area contributed by atoms with E-state index in [1.807, 2.05) is 21.0 Å². The molecular weight excluding hydrogens is 338 g/mol. The number of sulfonamides is 1. The van der Waals surface area contributed by atoms with Crippen molar-refractivity contribution in [3.63, 3.8) is 0 Å². The summed E-state index contributed by atoms with van der Waals surface area (Å²) in [5, 5.41) is 2.85. The maximum atomic E-state index is 12.9. The maximum Gasteiger partial charge on any atom is 0.251 e. The lowest BCUT2D eigenvalue weighted by atomic mass is 10.1. The van der Waals surface area contributed by atoms with Crippen LogP contribution in [0.15, 0.2) is 29.2 Å². The average Bonchev–Trinajstić information content (AvgIpc) is 2.58. The first-order valence-corrected chi connectivity index (χ1v) is 10.3. The van der Waals surface area contributed by atoms with E-state index in [1.165, 1.54) is 6.07 Å². The summed E-state index contributed by atoms with van der Waals surface area (Å²) in [6, 6.07) is 6.34. The summed E-state index contributed by atoms with van der Waals surface area (Å²) in [6.07, 6.45) is 3.67. The lowest BCUT2D eigenvalue weighted by Gasteiger charge is -2.32. The highest BCUT2D eigenvalue weighted by molar-refractivity contribution is 7.89. The summed E-state index contributed by atoms with van der Waals surface area (Å²) in [7, 11) is 0.411. The van der Waals surface area contributed by atoms with Crippen LogP contribution in [0.5, 0.6) is 0 Å². The maximum absolute atomic E-state index is 12.9. The molecule has 1 aliphatic heterocycles. The standard InChI is InChI=1S/C18H29N3O3S/c1-15-8-4-5-13-21(15)25(23,24)17-10-6-9-16(14-17)18(22)19-11-7-12-20(2)3/h6,9-10,14-15H,4-5,7-8,11-13H2,1-3H3,(H,19,22). The third-order valence-corrected chi connectivity index (χ3v) is 6.52. The minimum atomic E-state index is -3.56. The van der Waals surface area contributed by atoms with E-state index >= 15 is 0 Å². The molecule has 0 radical (unpaired) electrons. The average molecular weight is 368 g/mol. The van der Waals surface area contributed by atoms with Crippen molar-refractivity contribution < 1.29 is 13.2 Å². The second kappa shape index (κ2) is 8.78. The van der Waals surface area contributed by atoms with Gasteiger partial charge in [0.05, 0.1) is 4.90 Å². The molecule has 1 atom stereocenters. The largest absolute Gasteiger partial charge is 0.352 e. The molecule has 0 saturated carbocycles. The first-order valence-electron chi connectivity index (χ1n) is 8.87. The van der Waals surface area contributed by atoms with Gasteiger partial charge >= 0.3 is 0 Å². The van der Waals surface area contributed by atoms with E-state index in [1.54, 1.807) is 22.5 Å². The second-order valence-electron chi connectivity index (χ2n) is 6.90. The quantitative estimate of drug-likeness (QED) is 0.748. The van der Waals surface area contributed by atoms with Gasteiger partial charge in [0.1, 0.15) is 0 Å². The number of piperidine rings is 1. The molecule has 1 fully saturated rings. The van der Waals surface area contributed by atoms with E-state index < -0.39 is 10.0 Å². The van der Waals surface area contributed by atoms with Gasteiger partial charge in [-0.15, -0.1) is 0 Å². The van der Waals surface area contributed by atoms with Crippen LogP contribution in [-0.4, -0.2) is 63.3 Å². The van der Waals surface area contributed by atoms with Gasteiger partial charge in [0, 0.05) is 24.7 Å². The second-order valence-corrected chi connectivity index (χ2v) is 8.79. The third kappa shape index (κ3) is 5.26. The van der Waals surface area contributed by atoms with Crippen molar-refractivity contribution >= 4 is 15.9 Å². The number of nitrogens with zero attached hydrogens (tertiary/aromatic N) is 2. The number of carbonyl (C=O) groups excluding carboxylic acids is 1. The molecule has 1 amide bonds. The first-order chi connectivity index (χ1) is 11.8. The van der Waals surface area contributed by atoms with Crippen molar-refractivity contribution in [1.29, 1.82) is 0 Å². The Morgan fingerprint density at radius 1 is 1.32 bits per heavy atom. The minimum absolute atomic E-state index is 0.00210. The molecule has 7 heteroatoms. The summed E-state index contributed by atoms with van der Waals surface area (Å²) < 4.78 is 27.4. The zero-order valence-electron chi connectivity index (χ0n) is 15.4. The van der Waals surface area contributed by atoms with E-state index in [-0.39, 0.29) is 16.8 Å². The topological polar surface area (TPSA) is 69.7 Å². The van der Waals surface area contributed by atoms with E-state index in [2.05, 4.69) is 10.2 Å². The molecule has 1 aromatic rings. The van der Waals surface area contributed by atoms with Crippen LogP contribution in [0.4, 0.5) is 0 Å². The van der Waals surface area contributed by atoms with Crippen LogP contribution in [0, 0.1) is 0 Å². The fraction of sp³-hybridized carbons (Fsp3) is 0.611. The number of amides is 1. The Labute approximate surface area is 151 Å². The number of hydrogen-bond donors (Lipinski definition) is 1. The van der Waals surface area contributed by atoms with Gasteiger partial charge in [-0.1, -0.05) is 12.5 Å². The molecule has 0 spiro atoms. The van der Waals surface area contributed by atoms with Gasteiger partial charge in [-0.05, 0) is 65.0 Å². The van der Waals surface area contributed by atoms with Crippen molar-refractivity contribution in [2.24, 2.45) is 0 Å². The van der Waals surface area contributed by atoms with Gasteiger partial charge < -0.3 is 10.2 Å². The van der Waals surface area contributed by atoms with Gasteiger partial charge in [-0.2, -0.15) is 4.31 Å². The third-order valence-electron chi connectivity index (χ3n) is 4.51. The van der Waals surface area contributed by atoms with Crippen molar-refractivity contribution in [2.45, 2.75) is 43.5 Å². The normalized spacial score (nSPS) is 19.1. The fourth-order valence-corrected chi connectivity index (χ4v) is 4.81. The van der Waals surface area contributed by atoms with Crippen LogP contribution in [0.1, 0.15) is 43.0 Å². The molecule has 1 heterocycles. The first kappa shape index (κ1) is 19.9. The van der Waals surface area contributed by atoms with Crippen LogP contribution in [0.3, 0.4) is 0 Å². The number of nitrogens with one attached hydrogen (secondary N) is 1. The van der Waals surface area contributed by atoms with E-state index in [9.17, 15) is 13.2 Å². The zero-order valence-corrected chi connectivity index (χ0v) is 16.2. The predicted molar refractivity (Wildman–Crippen MR) is 99.2 cm³/mol. The predicted octanol–water partition coefficient (Wildman–Crippen LogP) is 1.93. The summed E-state index contributed by atoms with van der Waals surface area (Å²) >= 11 is 0. The summed E-state index contributed by atoms with van der Waals surface area (Å²) in [6.45, 7) is 3.95. The van der Waals surface area contributed by atoms with Crippen molar-refractivity contribution in [2.75, 3.05) is 33.7 Å². The molecule has 1 aliphatic rings. The highest BCUT2D eigenvalue weighted by atomic mass is 32.2. The summed E-state index contributed by atoms with van der Waals surface area (Å²) in [5.41, 5.74) is 0.385. The van der Waals surface area contributed by atoms with Crippen LogP contribution >= 0.6 is 0 Å². The molecule has 1 aromatic carbocycles. The smallest absolute Gasteiger partial charge is 0.251 e. The Balaban J connectivity index is 2.08. The Kier molecular flexibility index (Phi) is 6.98. The van der Waals surface area contributed by atoms with Gasteiger partial charge in [0.25, 0.3) is 5.91 Å². The van der Waals surface area contributed by atoms with E-state index in [0.29, 0.717) is 18.7 Å². The molecule has 0 aliphatic carbocycles. The summed E-state index contributed by atoms with van der Waals surface area (Å²) in [4.78, 5) is 14.5. The molecule has 0 bridgehead atoms. The highest BCUT2D eigenvalue weighted by Crippen LogP contribution is 2.25. The number of benzene rings is 1. The molecular formula is C18H29N3O3S. The summed E-state index contributed by atoms with van der Waals surface area (Å²) in [5.74, 6) is -0.234. The Hall–Kier alpha value is -1.44. The number of rotatable bonds is 7. The van der Waals surface area contributed by atoms with Gasteiger partial charge in [0.15, 0.2) is 0 Å².